The van der Waals surface area contributed by atoms with Crippen molar-refractivity contribution in [1.82, 2.24) is 10.2 Å². The van der Waals surface area contributed by atoms with E-state index in [1.54, 1.807) is 25.9 Å². The van der Waals surface area contributed by atoms with Gasteiger partial charge in [-0.05, 0) is 37.5 Å². The van der Waals surface area contributed by atoms with E-state index in [2.05, 4.69) is 21.2 Å². The number of hydrogen-bond acceptors (Lipinski definition) is 3. The molecule has 1 aliphatic carbocycles. The fourth-order valence-corrected chi connectivity index (χ4v) is 3.62. The maximum Gasteiger partial charge on any atom is 0.244 e. The first kappa shape index (κ1) is 18.9. The summed E-state index contributed by atoms with van der Waals surface area (Å²) >= 11 is 3.38. The molecule has 0 spiro atoms. The molecule has 0 aromatic heterocycles. The van der Waals surface area contributed by atoms with Gasteiger partial charge >= 0.3 is 0 Å². The van der Waals surface area contributed by atoms with E-state index in [1.165, 1.54) is 0 Å². The summed E-state index contributed by atoms with van der Waals surface area (Å²) in [5, 5.41) is 2.93. The number of amides is 2. The van der Waals surface area contributed by atoms with Crippen molar-refractivity contribution in [2.75, 3.05) is 20.6 Å². The first-order chi connectivity index (χ1) is 11.2. The summed E-state index contributed by atoms with van der Waals surface area (Å²) in [6.07, 6.45) is 3.65. The van der Waals surface area contributed by atoms with Crippen LogP contribution in [0.3, 0.4) is 0 Å². The number of halogens is 1. The van der Waals surface area contributed by atoms with Crippen molar-refractivity contribution in [3.8, 4) is 0 Å². The molecule has 1 saturated carbocycles. The van der Waals surface area contributed by atoms with E-state index < -0.39 is 11.0 Å². The number of nitrogens with two attached hydrogens (primary N) is 1. The van der Waals surface area contributed by atoms with Gasteiger partial charge in [0.2, 0.25) is 11.8 Å². The Kier molecular flexibility index (Phi) is 5.71. The molecule has 0 radical (unpaired) electrons. The van der Waals surface area contributed by atoms with Crippen molar-refractivity contribution >= 4 is 27.7 Å². The van der Waals surface area contributed by atoms with Crippen molar-refractivity contribution in [2.45, 2.75) is 38.1 Å². The predicted molar refractivity (Wildman–Crippen MR) is 98.3 cm³/mol. The number of nitrogens with one attached hydrogen (secondary N) is 1. The van der Waals surface area contributed by atoms with Crippen LogP contribution >= 0.6 is 15.9 Å². The third-order valence-corrected chi connectivity index (χ3v) is 5.45. The SMILES string of the molecule is CN(C)C(=O)C1(CNC(=O)C(C)(N)c2ccc(Br)cc2)CCCC1. The Bertz CT molecular complexity index is 605. The first-order valence-corrected chi connectivity index (χ1v) is 9.03. The second-order valence-corrected chi connectivity index (χ2v) is 7.99. The summed E-state index contributed by atoms with van der Waals surface area (Å²) in [5.74, 6) is -0.176. The van der Waals surface area contributed by atoms with E-state index in [-0.39, 0.29) is 11.8 Å². The minimum Gasteiger partial charge on any atom is -0.353 e. The van der Waals surface area contributed by atoms with Crippen LogP contribution in [0.1, 0.15) is 38.2 Å². The molecule has 3 N–H and O–H groups in total. The molecule has 0 bridgehead atoms. The highest BCUT2D eigenvalue weighted by Crippen LogP contribution is 2.39. The van der Waals surface area contributed by atoms with Gasteiger partial charge in [0.1, 0.15) is 5.54 Å². The lowest BCUT2D eigenvalue weighted by molar-refractivity contribution is -0.139. The zero-order chi connectivity index (χ0) is 18.0. The van der Waals surface area contributed by atoms with Crippen LogP contribution in [-0.4, -0.2) is 37.4 Å². The van der Waals surface area contributed by atoms with Gasteiger partial charge in [-0.2, -0.15) is 0 Å². The average molecular weight is 396 g/mol. The topological polar surface area (TPSA) is 75.4 Å². The minimum absolute atomic E-state index is 0.0858. The van der Waals surface area contributed by atoms with Crippen molar-refractivity contribution in [2.24, 2.45) is 11.1 Å². The number of hydrogen-bond donors (Lipinski definition) is 2. The Balaban J connectivity index is 2.10. The maximum atomic E-state index is 12.7. The highest BCUT2D eigenvalue weighted by atomic mass is 79.9. The van der Waals surface area contributed by atoms with Crippen molar-refractivity contribution in [3.63, 3.8) is 0 Å². The maximum absolute atomic E-state index is 12.7. The van der Waals surface area contributed by atoms with Gasteiger partial charge in [0.25, 0.3) is 0 Å². The molecular weight excluding hydrogens is 370 g/mol. The molecule has 0 heterocycles. The molecule has 1 unspecified atom stereocenters. The second kappa shape index (κ2) is 7.23. The lowest BCUT2D eigenvalue weighted by atomic mass is 9.84. The molecule has 1 aromatic rings. The Morgan fingerprint density at radius 3 is 2.29 bits per heavy atom. The predicted octanol–water partition coefficient (Wildman–Crippen LogP) is 2.39. The van der Waals surface area contributed by atoms with Crippen molar-refractivity contribution in [1.29, 1.82) is 0 Å². The van der Waals surface area contributed by atoms with Crippen molar-refractivity contribution in [3.05, 3.63) is 34.3 Å². The summed E-state index contributed by atoms with van der Waals surface area (Å²) in [4.78, 5) is 26.9. The highest BCUT2D eigenvalue weighted by molar-refractivity contribution is 9.10. The zero-order valence-corrected chi connectivity index (χ0v) is 16.1. The standard InChI is InChI=1S/C18H26BrN3O2/c1-17(20,13-6-8-14(19)9-7-13)15(23)21-12-18(10-4-5-11-18)16(24)22(2)3/h6-9H,4-5,10-12,20H2,1-3H3,(H,21,23). The largest absolute Gasteiger partial charge is 0.353 e. The quantitative estimate of drug-likeness (QED) is 0.803. The number of rotatable bonds is 5. The normalized spacial score (nSPS) is 18.7. The molecule has 1 aromatic carbocycles. The highest BCUT2D eigenvalue weighted by Gasteiger charge is 2.43. The van der Waals surface area contributed by atoms with Gasteiger partial charge in [-0.15, -0.1) is 0 Å². The molecule has 0 saturated heterocycles. The fourth-order valence-electron chi connectivity index (χ4n) is 3.35. The molecule has 6 heteroatoms. The molecular formula is C18H26BrN3O2. The van der Waals surface area contributed by atoms with Gasteiger partial charge in [0, 0.05) is 25.1 Å². The smallest absolute Gasteiger partial charge is 0.244 e. The first-order valence-electron chi connectivity index (χ1n) is 8.24. The lowest BCUT2D eigenvalue weighted by Gasteiger charge is -2.32. The van der Waals surface area contributed by atoms with Crippen LogP contribution in [0, 0.1) is 5.41 Å². The molecule has 2 rings (SSSR count). The average Bonchev–Trinajstić information content (AvgIpc) is 3.02. The van der Waals surface area contributed by atoms with E-state index in [4.69, 9.17) is 5.73 Å². The molecule has 1 fully saturated rings. The van der Waals surface area contributed by atoms with E-state index in [0.29, 0.717) is 6.54 Å². The van der Waals surface area contributed by atoms with E-state index >= 15 is 0 Å². The van der Waals surface area contributed by atoms with Gasteiger partial charge in [-0.1, -0.05) is 40.9 Å². The molecule has 2 amide bonds. The van der Waals surface area contributed by atoms with Gasteiger partial charge in [-0.25, -0.2) is 0 Å². The monoisotopic (exact) mass is 395 g/mol. The number of nitrogens with zero attached hydrogens (tertiary/aromatic N) is 1. The van der Waals surface area contributed by atoms with Crippen LogP contribution in [0.4, 0.5) is 0 Å². The summed E-state index contributed by atoms with van der Waals surface area (Å²) in [6.45, 7) is 2.03. The summed E-state index contributed by atoms with van der Waals surface area (Å²) in [6, 6.07) is 7.39. The number of carbonyl (C=O) groups is 2. The Labute approximate surface area is 152 Å². The molecule has 24 heavy (non-hydrogen) atoms. The number of carbonyl (C=O) groups excluding carboxylic acids is 2. The van der Waals surface area contributed by atoms with Gasteiger partial charge in [0.05, 0.1) is 5.41 Å². The zero-order valence-electron chi connectivity index (χ0n) is 14.6. The molecule has 5 nitrogen and oxygen atoms in total. The lowest BCUT2D eigenvalue weighted by Crippen LogP contribution is -2.53. The van der Waals surface area contributed by atoms with Gasteiger partial charge in [-0.3, -0.25) is 9.59 Å². The Morgan fingerprint density at radius 2 is 1.79 bits per heavy atom. The minimum atomic E-state index is -1.14. The van der Waals surface area contributed by atoms with Gasteiger partial charge < -0.3 is 16.0 Å². The summed E-state index contributed by atoms with van der Waals surface area (Å²) in [5.41, 5.74) is 5.38. The van der Waals surface area contributed by atoms with Crippen molar-refractivity contribution < 1.29 is 9.59 Å². The van der Waals surface area contributed by atoms with E-state index in [9.17, 15) is 9.59 Å². The van der Waals surface area contributed by atoms with E-state index in [0.717, 1.165) is 35.7 Å². The van der Waals surface area contributed by atoms with Gasteiger partial charge in [0.15, 0.2) is 0 Å². The fraction of sp³-hybridized carbons (Fsp3) is 0.556. The molecule has 132 valence electrons. The Hall–Kier alpha value is -1.40. The van der Waals surface area contributed by atoms with Crippen LogP contribution in [0.25, 0.3) is 0 Å². The number of benzene rings is 1. The van der Waals surface area contributed by atoms with Crippen LogP contribution in [-0.2, 0) is 15.1 Å². The second-order valence-electron chi connectivity index (χ2n) is 7.08. The molecule has 1 aliphatic rings. The Morgan fingerprint density at radius 1 is 1.25 bits per heavy atom. The van der Waals surface area contributed by atoms with Crippen LogP contribution in [0.5, 0.6) is 0 Å². The molecule has 1 atom stereocenters. The summed E-state index contributed by atoms with van der Waals surface area (Å²) in [7, 11) is 3.53. The third kappa shape index (κ3) is 3.81. The summed E-state index contributed by atoms with van der Waals surface area (Å²) < 4.78 is 0.934. The van der Waals surface area contributed by atoms with Crippen LogP contribution in [0.15, 0.2) is 28.7 Å². The van der Waals surface area contributed by atoms with Crippen LogP contribution in [0.2, 0.25) is 0 Å². The molecule has 0 aliphatic heterocycles. The third-order valence-electron chi connectivity index (χ3n) is 4.92. The van der Waals surface area contributed by atoms with Crippen LogP contribution < -0.4 is 11.1 Å². The van der Waals surface area contributed by atoms with E-state index in [1.807, 2.05) is 24.3 Å².